The van der Waals surface area contributed by atoms with Gasteiger partial charge in [0.25, 0.3) is 5.91 Å². The van der Waals surface area contributed by atoms with Gasteiger partial charge >= 0.3 is 0 Å². The Bertz CT molecular complexity index is 714. The molecule has 2 aromatic carbocycles. The molecule has 23 heavy (non-hydrogen) atoms. The van der Waals surface area contributed by atoms with Crippen LogP contribution in [0.5, 0.6) is 5.75 Å². The number of carbonyl (C=O) groups excluding carboxylic acids is 1. The fourth-order valence-electron chi connectivity index (χ4n) is 2.16. The zero-order valence-corrected chi connectivity index (χ0v) is 13.3. The molecule has 122 valence electrons. The molecule has 5 heteroatoms. The van der Waals surface area contributed by atoms with Crippen molar-refractivity contribution in [3.8, 4) is 5.75 Å². The van der Waals surface area contributed by atoms with Gasteiger partial charge in [0.05, 0.1) is 5.69 Å². The van der Waals surface area contributed by atoms with Crippen molar-refractivity contribution in [2.75, 3.05) is 11.9 Å². The van der Waals surface area contributed by atoms with Gasteiger partial charge in [-0.05, 0) is 42.2 Å². The monoisotopic (exact) mass is 319 g/mol. The van der Waals surface area contributed by atoms with Crippen molar-refractivity contribution in [3.05, 3.63) is 59.2 Å². The maximum absolute atomic E-state index is 13.5. The molecule has 0 fully saturated rings. The number of rotatable bonds is 5. The number of ether oxygens (including phenoxy) is 1. The lowest BCUT2D eigenvalue weighted by Crippen LogP contribution is -2.21. The van der Waals surface area contributed by atoms with Crippen LogP contribution in [0, 0.1) is 18.6 Å². The molecule has 0 atom stereocenters. The van der Waals surface area contributed by atoms with E-state index in [4.69, 9.17) is 4.74 Å². The highest BCUT2D eigenvalue weighted by Gasteiger charge is 2.12. The minimum absolute atomic E-state index is 0.0756. The van der Waals surface area contributed by atoms with Crippen LogP contribution in [-0.2, 0) is 4.79 Å². The van der Waals surface area contributed by atoms with E-state index >= 15 is 0 Å². The molecule has 0 saturated heterocycles. The Morgan fingerprint density at radius 1 is 1.17 bits per heavy atom. The number of halogens is 2. The van der Waals surface area contributed by atoms with Gasteiger partial charge in [-0.3, -0.25) is 4.79 Å². The fourth-order valence-corrected chi connectivity index (χ4v) is 2.16. The highest BCUT2D eigenvalue weighted by atomic mass is 19.1. The molecule has 0 aromatic heterocycles. The van der Waals surface area contributed by atoms with Crippen molar-refractivity contribution >= 4 is 11.6 Å². The Kier molecular flexibility index (Phi) is 5.32. The quantitative estimate of drug-likeness (QED) is 0.886. The lowest BCUT2D eigenvalue weighted by molar-refractivity contribution is -0.118. The van der Waals surface area contributed by atoms with E-state index in [1.54, 1.807) is 0 Å². The number of aryl methyl sites for hydroxylation is 1. The van der Waals surface area contributed by atoms with Crippen LogP contribution in [0.15, 0.2) is 36.4 Å². The summed E-state index contributed by atoms with van der Waals surface area (Å²) >= 11 is 0. The Morgan fingerprint density at radius 2 is 1.91 bits per heavy atom. The van der Waals surface area contributed by atoms with Crippen molar-refractivity contribution in [2.45, 2.75) is 26.7 Å². The van der Waals surface area contributed by atoms with E-state index in [2.05, 4.69) is 5.32 Å². The van der Waals surface area contributed by atoms with E-state index in [-0.39, 0.29) is 18.2 Å². The average Bonchev–Trinajstić information content (AvgIpc) is 2.48. The first-order valence-corrected chi connectivity index (χ1v) is 7.35. The minimum atomic E-state index is -0.822. The minimum Gasteiger partial charge on any atom is -0.483 e. The van der Waals surface area contributed by atoms with Crippen LogP contribution in [0.1, 0.15) is 30.9 Å². The maximum Gasteiger partial charge on any atom is 0.262 e. The Balaban J connectivity index is 2.03. The summed E-state index contributed by atoms with van der Waals surface area (Å²) in [6.45, 7) is 5.75. The van der Waals surface area contributed by atoms with E-state index in [0.717, 1.165) is 17.2 Å². The van der Waals surface area contributed by atoms with Gasteiger partial charge in [-0.2, -0.15) is 0 Å². The largest absolute Gasteiger partial charge is 0.483 e. The van der Waals surface area contributed by atoms with Gasteiger partial charge in [0.15, 0.2) is 6.61 Å². The molecule has 2 aromatic rings. The van der Waals surface area contributed by atoms with Crippen LogP contribution >= 0.6 is 0 Å². The molecular formula is C18H19F2NO2. The van der Waals surface area contributed by atoms with Crippen LogP contribution in [-0.4, -0.2) is 12.5 Å². The molecule has 1 amide bonds. The fraction of sp³-hybridized carbons (Fsp3) is 0.278. The third-order valence-corrected chi connectivity index (χ3v) is 3.36. The predicted molar refractivity (Wildman–Crippen MR) is 85.8 cm³/mol. The molecule has 0 bridgehead atoms. The molecule has 0 radical (unpaired) electrons. The molecular weight excluding hydrogens is 300 g/mol. The molecule has 0 saturated carbocycles. The molecule has 0 unspecified atom stereocenters. The highest BCUT2D eigenvalue weighted by Crippen LogP contribution is 2.27. The van der Waals surface area contributed by atoms with E-state index in [1.165, 1.54) is 6.07 Å². The maximum atomic E-state index is 13.5. The smallest absolute Gasteiger partial charge is 0.262 e. The molecule has 1 N–H and O–H groups in total. The summed E-state index contributed by atoms with van der Waals surface area (Å²) in [5.41, 5.74) is 1.94. The number of nitrogens with one attached hydrogen (secondary N) is 1. The second-order valence-electron chi connectivity index (χ2n) is 5.66. The van der Waals surface area contributed by atoms with Crippen molar-refractivity contribution in [1.82, 2.24) is 0 Å². The van der Waals surface area contributed by atoms with Crippen molar-refractivity contribution in [2.24, 2.45) is 0 Å². The average molecular weight is 319 g/mol. The van der Waals surface area contributed by atoms with Gasteiger partial charge in [0.1, 0.15) is 17.4 Å². The summed E-state index contributed by atoms with van der Waals surface area (Å²) in [5.74, 6) is -1.14. The van der Waals surface area contributed by atoms with E-state index in [9.17, 15) is 13.6 Å². The number of benzene rings is 2. The topological polar surface area (TPSA) is 38.3 Å². The van der Waals surface area contributed by atoms with Gasteiger partial charge in [-0.15, -0.1) is 0 Å². The van der Waals surface area contributed by atoms with E-state index < -0.39 is 17.5 Å². The van der Waals surface area contributed by atoms with Crippen LogP contribution in [0.25, 0.3) is 0 Å². The van der Waals surface area contributed by atoms with E-state index in [1.807, 2.05) is 39.0 Å². The first-order valence-electron chi connectivity index (χ1n) is 7.35. The molecule has 0 spiro atoms. The van der Waals surface area contributed by atoms with Gasteiger partial charge in [0, 0.05) is 6.07 Å². The van der Waals surface area contributed by atoms with E-state index in [0.29, 0.717) is 11.8 Å². The molecule has 0 aliphatic heterocycles. The lowest BCUT2D eigenvalue weighted by atomic mass is 10.0. The summed E-state index contributed by atoms with van der Waals surface area (Å²) in [5, 5.41) is 2.37. The molecule has 0 heterocycles. The van der Waals surface area contributed by atoms with Crippen molar-refractivity contribution in [1.29, 1.82) is 0 Å². The van der Waals surface area contributed by atoms with Crippen LogP contribution in [0.3, 0.4) is 0 Å². The molecule has 2 rings (SSSR count). The number of carbonyl (C=O) groups is 1. The summed E-state index contributed by atoms with van der Waals surface area (Å²) in [6, 6.07) is 8.78. The predicted octanol–water partition coefficient (Wildman–Crippen LogP) is 4.41. The Hall–Kier alpha value is -2.43. The van der Waals surface area contributed by atoms with Crippen LogP contribution in [0.2, 0.25) is 0 Å². The highest BCUT2D eigenvalue weighted by molar-refractivity contribution is 5.92. The molecule has 3 nitrogen and oxygen atoms in total. The zero-order valence-electron chi connectivity index (χ0n) is 13.3. The lowest BCUT2D eigenvalue weighted by Gasteiger charge is -2.15. The summed E-state index contributed by atoms with van der Waals surface area (Å²) in [4.78, 5) is 11.9. The first kappa shape index (κ1) is 16.9. The SMILES string of the molecule is Cc1ccc(C(C)C)c(OCC(=O)Nc2ccc(F)cc2F)c1. The van der Waals surface area contributed by atoms with Crippen molar-refractivity contribution < 1.29 is 18.3 Å². The summed E-state index contributed by atoms with van der Waals surface area (Å²) in [7, 11) is 0. The summed E-state index contributed by atoms with van der Waals surface area (Å²) in [6.07, 6.45) is 0. The second-order valence-corrected chi connectivity index (χ2v) is 5.66. The molecule has 0 aliphatic rings. The van der Waals surface area contributed by atoms with Gasteiger partial charge in [-0.25, -0.2) is 8.78 Å². The first-order chi connectivity index (χ1) is 10.9. The number of anilines is 1. The van der Waals surface area contributed by atoms with Crippen LogP contribution < -0.4 is 10.1 Å². The number of amides is 1. The Morgan fingerprint density at radius 3 is 2.57 bits per heavy atom. The molecule has 0 aliphatic carbocycles. The normalized spacial score (nSPS) is 10.7. The van der Waals surface area contributed by atoms with Gasteiger partial charge in [0.2, 0.25) is 0 Å². The third kappa shape index (κ3) is 4.52. The zero-order chi connectivity index (χ0) is 17.0. The standard InChI is InChI=1S/C18H19F2NO2/c1-11(2)14-6-4-12(3)8-17(14)23-10-18(22)21-16-7-5-13(19)9-15(16)20/h4-9,11H,10H2,1-3H3,(H,21,22). The van der Waals surface area contributed by atoms with Crippen molar-refractivity contribution in [3.63, 3.8) is 0 Å². The second kappa shape index (κ2) is 7.22. The van der Waals surface area contributed by atoms with Crippen LogP contribution in [0.4, 0.5) is 14.5 Å². The van der Waals surface area contributed by atoms with Gasteiger partial charge in [-0.1, -0.05) is 26.0 Å². The van der Waals surface area contributed by atoms with Gasteiger partial charge < -0.3 is 10.1 Å². The number of hydrogen-bond donors (Lipinski definition) is 1. The third-order valence-electron chi connectivity index (χ3n) is 3.36. The Labute approximate surface area is 134 Å². The number of hydrogen-bond acceptors (Lipinski definition) is 2. The summed E-state index contributed by atoms with van der Waals surface area (Å²) < 4.78 is 31.9.